The smallest absolute Gasteiger partial charge is 0.409 e. The zero-order chi connectivity index (χ0) is 25.8. The largest absolute Gasteiger partial charge is 0.449 e. The van der Waals surface area contributed by atoms with Crippen LogP contribution >= 0.6 is 11.6 Å². The number of nitrogens with zero attached hydrogens (tertiary/aromatic N) is 4. The molecule has 0 saturated carbocycles. The minimum Gasteiger partial charge on any atom is -0.449 e. The van der Waals surface area contributed by atoms with Crippen LogP contribution in [0.15, 0.2) is 48.5 Å². The van der Waals surface area contributed by atoms with E-state index in [0.717, 1.165) is 17.4 Å². The monoisotopic (exact) mass is 508 g/mol. The van der Waals surface area contributed by atoms with Crippen LogP contribution in [0.5, 0.6) is 0 Å². The van der Waals surface area contributed by atoms with E-state index in [-0.39, 0.29) is 17.9 Å². The van der Waals surface area contributed by atoms with Crippen molar-refractivity contribution >= 4 is 40.4 Å². The van der Waals surface area contributed by atoms with E-state index in [0.29, 0.717) is 60.1 Å². The summed E-state index contributed by atoms with van der Waals surface area (Å²) in [7, 11) is 3.41. The molecule has 0 unspecified atom stereocenters. The highest BCUT2D eigenvalue weighted by molar-refractivity contribution is 6.35. The highest BCUT2D eigenvalue weighted by Crippen LogP contribution is 2.29. The molecular weight excluding hydrogens is 480 g/mol. The molecule has 3 aromatic rings. The Labute approximate surface area is 215 Å². The van der Waals surface area contributed by atoms with Crippen molar-refractivity contribution in [2.24, 2.45) is 0 Å². The van der Waals surface area contributed by atoms with Gasteiger partial charge in [0.15, 0.2) is 0 Å². The van der Waals surface area contributed by atoms with Gasteiger partial charge in [0.25, 0.3) is 11.8 Å². The zero-order valence-electron chi connectivity index (χ0n) is 20.7. The lowest BCUT2D eigenvalue weighted by atomic mass is 10.0. The second-order valence-electron chi connectivity index (χ2n) is 8.90. The second kappa shape index (κ2) is 11.0. The molecular formula is C27H29ClN4O4. The molecule has 0 aliphatic carbocycles. The predicted octanol–water partition coefficient (Wildman–Crippen LogP) is 4.56. The normalized spacial score (nSPS) is 13.6. The summed E-state index contributed by atoms with van der Waals surface area (Å²) < 4.78 is 5.19. The highest BCUT2D eigenvalue weighted by atomic mass is 35.5. The summed E-state index contributed by atoms with van der Waals surface area (Å²) in [5.41, 5.74) is 3.02. The van der Waals surface area contributed by atoms with Crippen LogP contribution in [0.1, 0.15) is 34.1 Å². The van der Waals surface area contributed by atoms with Gasteiger partial charge in [-0.15, -0.1) is 0 Å². The average Bonchev–Trinajstić information content (AvgIpc) is 2.90. The third-order valence-corrected chi connectivity index (χ3v) is 6.39. The number of piperazine rings is 1. The molecule has 2 aromatic carbocycles. The Balaban J connectivity index is 1.55. The average molecular weight is 509 g/mol. The lowest BCUT2D eigenvalue weighted by Gasteiger charge is -2.34. The van der Waals surface area contributed by atoms with Gasteiger partial charge >= 0.3 is 6.09 Å². The molecule has 188 valence electrons. The number of amides is 3. The molecule has 0 spiro atoms. The first-order valence-corrected chi connectivity index (χ1v) is 12.3. The van der Waals surface area contributed by atoms with Crippen LogP contribution in [-0.2, 0) is 4.74 Å². The predicted molar refractivity (Wildman–Crippen MR) is 139 cm³/mol. The molecule has 0 N–H and O–H groups in total. The Morgan fingerprint density at radius 3 is 2.39 bits per heavy atom. The Morgan fingerprint density at radius 2 is 1.69 bits per heavy atom. The van der Waals surface area contributed by atoms with Gasteiger partial charge in [-0.3, -0.25) is 9.59 Å². The number of aromatic nitrogens is 1. The molecule has 0 atom stereocenters. The van der Waals surface area contributed by atoms with Crippen LogP contribution in [-0.4, -0.2) is 84.5 Å². The van der Waals surface area contributed by atoms with Gasteiger partial charge in [-0.1, -0.05) is 36.7 Å². The van der Waals surface area contributed by atoms with E-state index in [4.69, 9.17) is 21.3 Å². The number of pyridine rings is 1. The Hall–Kier alpha value is -3.65. The molecule has 36 heavy (non-hydrogen) atoms. The summed E-state index contributed by atoms with van der Waals surface area (Å²) >= 11 is 6.57. The molecule has 2 heterocycles. The fraction of sp³-hybridized carbons (Fsp3) is 0.333. The summed E-state index contributed by atoms with van der Waals surface area (Å²) in [6.45, 7) is 4.05. The van der Waals surface area contributed by atoms with Crippen molar-refractivity contribution in [3.05, 3.63) is 64.7 Å². The van der Waals surface area contributed by atoms with Crippen LogP contribution in [0.25, 0.3) is 22.2 Å². The van der Waals surface area contributed by atoms with E-state index in [1.54, 1.807) is 60.3 Å². The topological polar surface area (TPSA) is 83.0 Å². The summed E-state index contributed by atoms with van der Waals surface area (Å²) in [4.78, 5) is 47.3. The van der Waals surface area contributed by atoms with Gasteiger partial charge in [0, 0.05) is 62.4 Å². The number of ether oxygens (including phenoxy) is 1. The fourth-order valence-corrected chi connectivity index (χ4v) is 4.36. The van der Waals surface area contributed by atoms with E-state index in [2.05, 4.69) is 0 Å². The summed E-state index contributed by atoms with van der Waals surface area (Å²) in [5, 5.41) is 1.25. The minimum atomic E-state index is -0.336. The quantitative estimate of drug-likeness (QED) is 0.504. The van der Waals surface area contributed by atoms with Crippen LogP contribution in [0.4, 0.5) is 4.79 Å². The molecule has 3 amide bonds. The van der Waals surface area contributed by atoms with Gasteiger partial charge in [0.1, 0.15) is 0 Å². The lowest BCUT2D eigenvalue weighted by molar-refractivity contribution is 0.0560. The third-order valence-electron chi connectivity index (χ3n) is 6.07. The van der Waals surface area contributed by atoms with Crippen molar-refractivity contribution in [1.29, 1.82) is 0 Å². The molecule has 1 aliphatic rings. The third kappa shape index (κ3) is 5.44. The summed E-state index contributed by atoms with van der Waals surface area (Å²) in [6.07, 6.45) is 0.434. The molecule has 1 saturated heterocycles. The number of rotatable bonds is 5. The fourth-order valence-electron chi connectivity index (χ4n) is 4.09. The maximum Gasteiger partial charge on any atom is 0.409 e. The van der Waals surface area contributed by atoms with Crippen LogP contribution < -0.4 is 0 Å². The zero-order valence-corrected chi connectivity index (χ0v) is 21.4. The first-order valence-electron chi connectivity index (χ1n) is 11.9. The minimum absolute atomic E-state index is 0.102. The number of hydrogen-bond acceptors (Lipinski definition) is 5. The second-order valence-corrected chi connectivity index (χ2v) is 9.30. The molecule has 9 heteroatoms. The SMILES string of the molecule is CCCOC(=O)N1CCN(C(=O)c2ccc3c(Cl)cc(-c4cccc(C(=O)N(C)C)c4)nc3c2)CC1. The van der Waals surface area contributed by atoms with E-state index in [9.17, 15) is 14.4 Å². The molecule has 0 radical (unpaired) electrons. The van der Waals surface area contributed by atoms with Gasteiger partial charge in [0.2, 0.25) is 0 Å². The summed E-state index contributed by atoms with van der Waals surface area (Å²) in [5.74, 6) is -0.226. The molecule has 1 aliphatic heterocycles. The molecule has 1 aromatic heterocycles. The molecule has 8 nitrogen and oxygen atoms in total. The van der Waals surface area contributed by atoms with Gasteiger partial charge in [-0.05, 0) is 36.8 Å². The van der Waals surface area contributed by atoms with Crippen molar-refractivity contribution in [1.82, 2.24) is 19.7 Å². The summed E-state index contributed by atoms with van der Waals surface area (Å²) in [6, 6.07) is 14.3. The number of fused-ring (bicyclic) bond motifs is 1. The van der Waals surface area contributed by atoms with Crippen molar-refractivity contribution in [2.75, 3.05) is 46.9 Å². The lowest BCUT2D eigenvalue weighted by Crippen LogP contribution is -2.50. The number of benzene rings is 2. The molecule has 1 fully saturated rings. The van der Waals surface area contributed by atoms with Gasteiger partial charge in [-0.2, -0.15) is 0 Å². The van der Waals surface area contributed by atoms with E-state index < -0.39 is 0 Å². The Morgan fingerprint density at radius 1 is 0.972 bits per heavy atom. The van der Waals surface area contributed by atoms with Gasteiger partial charge in [0.05, 0.1) is 22.8 Å². The van der Waals surface area contributed by atoms with Gasteiger partial charge in [-0.25, -0.2) is 9.78 Å². The Bertz CT molecular complexity index is 1300. The van der Waals surface area contributed by atoms with Gasteiger partial charge < -0.3 is 19.4 Å². The van der Waals surface area contributed by atoms with E-state index in [1.165, 1.54) is 4.90 Å². The van der Waals surface area contributed by atoms with Crippen molar-refractivity contribution in [2.45, 2.75) is 13.3 Å². The highest BCUT2D eigenvalue weighted by Gasteiger charge is 2.26. The number of carbonyl (C=O) groups is 3. The number of hydrogen-bond donors (Lipinski definition) is 0. The van der Waals surface area contributed by atoms with Crippen molar-refractivity contribution < 1.29 is 19.1 Å². The first-order chi connectivity index (χ1) is 17.3. The Kier molecular flexibility index (Phi) is 7.74. The van der Waals surface area contributed by atoms with E-state index in [1.807, 2.05) is 19.1 Å². The van der Waals surface area contributed by atoms with Crippen LogP contribution in [0.2, 0.25) is 5.02 Å². The van der Waals surface area contributed by atoms with Crippen LogP contribution in [0.3, 0.4) is 0 Å². The molecule has 0 bridgehead atoms. The van der Waals surface area contributed by atoms with Crippen LogP contribution in [0, 0.1) is 0 Å². The van der Waals surface area contributed by atoms with E-state index >= 15 is 0 Å². The maximum absolute atomic E-state index is 13.2. The molecule has 4 rings (SSSR count). The van der Waals surface area contributed by atoms with Crippen molar-refractivity contribution in [3.8, 4) is 11.3 Å². The number of halogens is 1. The standard InChI is InChI=1S/C27H29ClN4O4/c1-4-14-36-27(35)32-12-10-31(11-13-32)26(34)20-8-9-21-22(28)17-23(29-24(21)16-20)18-6-5-7-19(15-18)25(33)30(2)3/h5-9,15-17H,4,10-14H2,1-3H3. The number of carbonyl (C=O) groups excluding carboxylic acids is 3. The van der Waals surface area contributed by atoms with Crippen molar-refractivity contribution in [3.63, 3.8) is 0 Å². The first kappa shape index (κ1) is 25.4. The maximum atomic E-state index is 13.2.